The zero-order valence-electron chi connectivity index (χ0n) is 20.5. The van der Waals surface area contributed by atoms with Crippen molar-refractivity contribution in [3.63, 3.8) is 0 Å². The van der Waals surface area contributed by atoms with E-state index in [1.54, 1.807) is 6.07 Å². The number of hydrogen-bond acceptors (Lipinski definition) is 4. The predicted molar refractivity (Wildman–Crippen MR) is 113 cm³/mol. The maximum atomic E-state index is 13.4. The van der Waals surface area contributed by atoms with Crippen LogP contribution in [-0.2, 0) is 6.18 Å². The first-order valence-electron chi connectivity index (χ1n) is 12.1. The number of halogens is 3. The summed E-state index contributed by atoms with van der Waals surface area (Å²) in [4.78, 5) is 5.38. The number of hydrogen-bond donors (Lipinski definition) is 1. The van der Waals surface area contributed by atoms with Gasteiger partial charge in [0.05, 0.1) is 14.9 Å². The number of fused-ring (bicyclic) bond motifs is 2. The molecule has 30 heavy (non-hydrogen) atoms. The fourth-order valence-corrected chi connectivity index (χ4v) is 5.39. The van der Waals surface area contributed by atoms with Gasteiger partial charge in [0.1, 0.15) is 0 Å². The number of nitrogens with zero attached hydrogens (tertiary/aromatic N) is 2. The first-order chi connectivity index (χ1) is 15.9. The van der Waals surface area contributed by atoms with Crippen LogP contribution in [0.1, 0.15) is 40.9 Å². The minimum absolute atomic E-state index is 0.133. The molecule has 1 saturated heterocycles. The van der Waals surface area contributed by atoms with E-state index in [1.807, 2.05) is 24.3 Å². The Kier molecular flexibility index (Phi) is 5.29. The summed E-state index contributed by atoms with van der Waals surface area (Å²) in [7, 11) is 0. The molecule has 0 amide bonds. The first-order valence-corrected chi connectivity index (χ1v) is 10.9. The maximum absolute atomic E-state index is 13.4. The summed E-state index contributed by atoms with van der Waals surface area (Å²) < 4.78 is 70.6. The van der Waals surface area contributed by atoms with Gasteiger partial charge >= 0.3 is 6.18 Å². The molecule has 2 aliphatic rings. The maximum Gasteiger partial charge on any atom is 0.416 e. The van der Waals surface area contributed by atoms with Gasteiger partial charge in [-0.15, -0.1) is 0 Å². The molecule has 4 rings (SSSR count). The van der Waals surface area contributed by atoms with Crippen LogP contribution < -0.4 is 0 Å². The van der Waals surface area contributed by atoms with Gasteiger partial charge in [0.25, 0.3) is 0 Å². The molecular formula is C23H27F3N2OS. The Morgan fingerprint density at radius 2 is 1.70 bits per heavy atom. The van der Waals surface area contributed by atoms with Crippen LogP contribution in [0.2, 0.25) is 0 Å². The van der Waals surface area contributed by atoms with Gasteiger partial charge in [0.2, 0.25) is 0 Å². The number of piperazine rings is 1. The Balaban J connectivity index is 1.43. The van der Waals surface area contributed by atoms with E-state index in [-0.39, 0.29) is 19.0 Å². The van der Waals surface area contributed by atoms with Crippen LogP contribution in [0.3, 0.4) is 0 Å². The molecule has 2 heterocycles. The molecule has 2 aromatic carbocycles. The number of aliphatic hydroxyl groups is 1. The highest BCUT2D eigenvalue weighted by atomic mass is 32.2. The summed E-state index contributed by atoms with van der Waals surface area (Å²) in [6.45, 7) is -3.08. The molecule has 3 nitrogen and oxygen atoms in total. The van der Waals surface area contributed by atoms with E-state index in [9.17, 15) is 18.3 Å². The largest absolute Gasteiger partial charge is 0.416 e. The Labute approximate surface area is 185 Å². The van der Waals surface area contributed by atoms with Crippen LogP contribution in [0.5, 0.6) is 0 Å². The predicted octanol–water partition coefficient (Wildman–Crippen LogP) is 4.69. The highest BCUT2D eigenvalue weighted by Gasteiger charge is 2.34. The zero-order chi connectivity index (χ0) is 24.7. The second kappa shape index (κ2) is 9.30. The van der Waals surface area contributed by atoms with Crippen molar-refractivity contribution in [1.82, 2.24) is 9.80 Å². The topological polar surface area (TPSA) is 26.7 Å². The summed E-state index contributed by atoms with van der Waals surface area (Å²) in [5, 5.41) is 9.51. The third-order valence-corrected chi connectivity index (χ3v) is 6.96. The normalized spacial score (nSPS) is 23.0. The van der Waals surface area contributed by atoms with Gasteiger partial charge < -0.3 is 10.0 Å². The molecule has 1 atom stereocenters. The lowest BCUT2D eigenvalue weighted by Crippen LogP contribution is -2.47. The summed E-state index contributed by atoms with van der Waals surface area (Å²) in [5.41, 5.74) is 1.12. The quantitative estimate of drug-likeness (QED) is 0.705. The lowest BCUT2D eigenvalue weighted by molar-refractivity contribution is -0.137. The van der Waals surface area contributed by atoms with E-state index in [1.165, 1.54) is 22.7 Å². The SMILES string of the molecule is [2H]C([2H])(O)C([2H])([2H])N1CCN(CCCC2c3ccccc3Sc3ccc(C(F)(F)F)cc32)CC1. The van der Waals surface area contributed by atoms with E-state index >= 15 is 0 Å². The second-order valence-corrected chi connectivity index (χ2v) is 8.72. The van der Waals surface area contributed by atoms with Crippen LogP contribution in [0.25, 0.3) is 0 Å². The fourth-order valence-electron chi connectivity index (χ4n) is 4.22. The van der Waals surface area contributed by atoms with Crippen molar-refractivity contribution >= 4 is 11.8 Å². The van der Waals surface area contributed by atoms with E-state index in [4.69, 9.17) is 5.48 Å². The molecule has 1 fully saturated rings. The summed E-state index contributed by atoms with van der Waals surface area (Å²) in [6, 6.07) is 11.8. The lowest BCUT2D eigenvalue weighted by Gasteiger charge is -2.35. The van der Waals surface area contributed by atoms with Crippen LogP contribution in [0, 0.1) is 0 Å². The van der Waals surface area contributed by atoms with E-state index in [2.05, 4.69) is 4.90 Å². The van der Waals surface area contributed by atoms with Crippen LogP contribution in [0.15, 0.2) is 52.3 Å². The molecule has 2 aromatic rings. The van der Waals surface area contributed by atoms with Gasteiger partial charge in [-0.2, -0.15) is 13.2 Å². The van der Waals surface area contributed by atoms with Gasteiger partial charge in [0.15, 0.2) is 0 Å². The third kappa shape index (κ3) is 4.85. The number of rotatable bonds is 6. The third-order valence-electron chi connectivity index (χ3n) is 5.77. The minimum atomic E-state index is -4.39. The summed E-state index contributed by atoms with van der Waals surface area (Å²) in [5.74, 6) is -0.133. The fraction of sp³-hybridized carbons (Fsp3) is 0.478. The molecule has 2 aliphatic heterocycles. The second-order valence-electron chi connectivity index (χ2n) is 7.64. The Morgan fingerprint density at radius 3 is 2.43 bits per heavy atom. The number of β-amino-alcohol motifs (C(OH)–C–C–N with tert-alkyl or cyclic N) is 1. The van der Waals surface area contributed by atoms with Crippen molar-refractivity contribution in [2.75, 3.05) is 45.8 Å². The van der Waals surface area contributed by atoms with Gasteiger partial charge in [-0.05, 0) is 54.8 Å². The smallest absolute Gasteiger partial charge is 0.395 e. The molecule has 162 valence electrons. The Morgan fingerprint density at radius 1 is 1.00 bits per heavy atom. The molecule has 0 bridgehead atoms. The summed E-state index contributed by atoms with van der Waals surface area (Å²) in [6.07, 6.45) is -2.95. The standard InChI is InChI=1S/C23H27F3N2OS/c24-23(25,26)17-7-8-22-20(16-17)18(19-4-1-2-6-21(19)30-22)5-3-9-27-10-12-28(13-11-27)14-15-29/h1-2,4,6-8,16,18,29H,3,5,9-15H2/i14D2,15D2. The molecule has 0 aromatic heterocycles. The van der Waals surface area contributed by atoms with Gasteiger partial charge in [-0.25, -0.2) is 0 Å². The van der Waals surface area contributed by atoms with Crippen molar-refractivity contribution in [3.05, 3.63) is 59.2 Å². The van der Waals surface area contributed by atoms with Gasteiger partial charge in [-0.3, -0.25) is 4.90 Å². The average Bonchev–Trinajstić information content (AvgIpc) is 2.77. The number of alkyl halides is 3. The highest BCUT2D eigenvalue weighted by molar-refractivity contribution is 7.99. The van der Waals surface area contributed by atoms with E-state index < -0.39 is 24.8 Å². The molecule has 1 unspecified atom stereocenters. The molecular weight excluding hydrogens is 409 g/mol. The van der Waals surface area contributed by atoms with Crippen molar-refractivity contribution in [2.24, 2.45) is 0 Å². The van der Waals surface area contributed by atoms with Crippen LogP contribution in [0.4, 0.5) is 13.2 Å². The van der Waals surface area contributed by atoms with Crippen molar-refractivity contribution in [2.45, 2.75) is 34.7 Å². The van der Waals surface area contributed by atoms with Crippen molar-refractivity contribution < 1.29 is 23.8 Å². The first kappa shape index (κ1) is 17.1. The molecule has 7 heteroatoms. The average molecular weight is 441 g/mol. The molecule has 1 N–H and O–H groups in total. The van der Waals surface area contributed by atoms with Crippen molar-refractivity contribution in [1.29, 1.82) is 0 Å². The Bertz CT molecular complexity index is 1020. The Hall–Kier alpha value is -1.54. The van der Waals surface area contributed by atoms with Crippen LogP contribution >= 0.6 is 11.8 Å². The molecule has 0 aliphatic carbocycles. The molecule has 0 spiro atoms. The lowest BCUT2D eigenvalue weighted by atomic mass is 9.86. The van der Waals surface area contributed by atoms with Gasteiger partial charge in [-0.1, -0.05) is 30.0 Å². The van der Waals surface area contributed by atoms with Crippen LogP contribution in [-0.4, -0.2) is 60.7 Å². The zero-order valence-corrected chi connectivity index (χ0v) is 17.3. The van der Waals surface area contributed by atoms with Crippen molar-refractivity contribution in [3.8, 4) is 0 Å². The molecule has 0 saturated carbocycles. The van der Waals surface area contributed by atoms with Gasteiger partial charge in [0, 0.05) is 51.1 Å². The summed E-state index contributed by atoms with van der Waals surface area (Å²) >= 11 is 1.50. The monoisotopic (exact) mass is 440 g/mol. The van der Waals surface area contributed by atoms with E-state index in [0.717, 1.165) is 27.8 Å². The number of benzene rings is 2. The van der Waals surface area contributed by atoms with E-state index in [0.29, 0.717) is 31.6 Å². The molecule has 0 radical (unpaired) electrons. The highest BCUT2D eigenvalue weighted by Crippen LogP contribution is 2.48. The minimum Gasteiger partial charge on any atom is -0.395 e.